The quantitative estimate of drug-likeness (QED) is 0.402. The monoisotopic (exact) mass is 428 g/mol. The highest BCUT2D eigenvalue weighted by molar-refractivity contribution is 6.00. The molecule has 2 rings (SSSR count). The molecule has 0 aromatic heterocycles. The van der Waals surface area contributed by atoms with Crippen LogP contribution in [0, 0.1) is 10.1 Å². The molecule has 0 radical (unpaired) electrons. The molecular formula is C19H19F3N2O6. The number of nitrogens with zero attached hydrogens (tertiary/aromatic N) is 1. The maximum atomic E-state index is 13.4. The number of non-ortho nitro benzene ring substituents is 1. The fourth-order valence-electron chi connectivity index (χ4n) is 3.11. The van der Waals surface area contributed by atoms with Crippen LogP contribution in [0.1, 0.15) is 32.3 Å². The molecule has 1 aromatic rings. The van der Waals surface area contributed by atoms with E-state index in [0.29, 0.717) is 0 Å². The van der Waals surface area contributed by atoms with Crippen LogP contribution in [-0.4, -0.2) is 36.3 Å². The molecule has 1 heterocycles. The van der Waals surface area contributed by atoms with Gasteiger partial charge in [0, 0.05) is 23.5 Å². The van der Waals surface area contributed by atoms with E-state index in [2.05, 4.69) is 10.1 Å². The molecule has 0 bridgehead atoms. The first-order valence-corrected chi connectivity index (χ1v) is 8.81. The van der Waals surface area contributed by atoms with E-state index in [4.69, 9.17) is 4.74 Å². The lowest BCUT2D eigenvalue weighted by Crippen LogP contribution is -2.34. The molecule has 0 saturated heterocycles. The predicted molar refractivity (Wildman–Crippen MR) is 98.0 cm³/mol. The summed E-state index contributed by atoms with van der Waals surface area (Å²) in [6, 6.07) is 5.08. The molecule has 0 amide bonds. The largest absolute Gasteiger partial charge is 0.463 e. The van der Waals surface area contributed by atoms with Crippen molar-refractivity contribution in [2.45, 2.75) is 39.5 Å². The molecule has 0 fully saturated rings. The van der Waals surface area contributed by atoms with Gasteiger partial charge in [0.1, 0.15) is 0 Å². The smallest absolute Gasteiger partial charge is 0.339 e. The summed E-state index contributed by atoms with van der Waals surface area (Å²) in [5, 5.41) is 13.9. The first kappa shape index (κ1) is 22.9. The Balaban J connectivity index is 2.65. The van der Waals surface area contributed by atoms with E-state index < -0.39 is 35.6 Å². The van der Waals surface area contributed by atoms with Gasteiger partial charge in [0.15, 0.2) is 0 Å². The summed E-state index contributed by atoms with van der Waals surface area (Å²) >= 11 is 0. The minimum Gasteiger partial charge on any atom is -0.463 e. The van der Waals surface area contributed by atoms with Crippen molar-refractivity contribution in [3.63, 3.8) is 0 Å². The van der Waals surface area contributed by atoms with E-state index in [-0.39, 0.29) is 40.4 Å². The number of allylic oxidation sites excluding steroid dienone is 2. The van der Waals surface area contributed by atoms with Crippen LogP contribution in [0.25, 0.3) is 0 Å². The number of carbonyl (C=O) groups is 2. The van der Waals surface area contributed by atoms with E-state index in [0.717, 1.165) is 6.07 Å². The molecule has 1 aliphatic heterocycles. The first-order chi connectivity index (χ1) is 14.1. The highest BCUT2D eigenvalue weighted by atomic mass is 19.3. The zero-order valence-corrected chi connectivity index (χ0v) is 16.3. The van der Waals surface area contributed by atoms with Crippen molar-refractivity contribution >= 4 is 17.6 Å². The van der Waals surface area contributed by atoms with Gasteiger partial charge in [0.2, 0.25) is 0 Å². The van der Waals surface area contributed by atoms with Crippen LogP contribution in [0.5, 0.6) is 0 Å². The Bertz CT molecular complexity index is 929. The number of rotatable bonds is 7. The van der Waals surface area contributed by atoms with Gasteiger partial charge >= 0.3 is 24.7 Å². The topological polar surface area (TPSA) is 108 Å². The average molecular weight is 428 g/mol. The maximum Gasteiger partial charge on any atom is 0.339 e. The summed E-state index contributed by atoms with van der Waals surface area (Å²) in [6.07, 6.45) is -6.74. The Labute approximate surface area is 169 Å². The van der Waals surface area contributed by atoms with Gasteiger partial charge in [-0.15, -0.1) is 0 Å². The third-order valence-corrected chi connectivity index (χ3v) is 4.31. The minimum absolute atomic E-state index is 0.00230. The van der Waals surface area contributed by atoms with Crippen molar-refractivity contribution in [2.24, 2.45) is 0 Å². The minimum atomic E-state index is -3.57. The Morgan fingerprint density at radius 1 is 1.17 bits per heavy atom. The van der Waals surface area contributed by atoms with Gasteiger partial charge in [-0.2, -0.15) is 4.39 Å². The van der Waals surface area contributed by atoms with E-state index in [1.54, 1.807) is 6.92 Å². The highest BCUT2D eigenvalue weighted by Crippen LogP contribution is 2.40. The number of dihydropyridines is 1. The Hall–Kier alpha value is -3.37. The molecule has 1 aromatic carbocycles. The molecule has 11 heteroatoms. The fraction of sp³-hybridized carbons (Fsp3) is 0.368. The molecule has 162 valence electrons. The molecule has 8 nitrogen and oxygen atoms in total. The molecule has 30 heavy (non-hydrogen) atoms. The van der Waals surface area contributed by atoms with Crippen molar-refractivity contribution in [3.8, 4) is 0 Å². The van der Waals surface area contributed by atoms with Gasteiger partial charge in [0.25, 0.3) is 5.69 Å². The van der Waals surface area contributed by atoms with Crippen LogP contribution in [0.4, 0.5) is 18.9 Å². The average Bonchev–Trinajstić information content (AvgIpc) is 2.67. The molecule has 1 N–H and O–H groups in total. The van der Waals surface area contributed by atoms with Crippen molar-refractivity contribution < 1.29 is 37.2 Å². The number of halogens is 3. The van der Waals surface area contributed by atoms with Crippen molar-refractivity contribution in [3.05, 3.63) is 62.5 Å². The number of nitrogens with one attached hydrogen (secondary N) is 1. The normalized spacial score (nSPS) is 17.5. The molecule has 0 spiro atoms. The summed E-state index contributed by atoms with van der Waals surface area (Å²) in [7, 11) is 0. The van der Waals surface area contributed by atoms with Crippen molar-refractivity contribution in [1.29, 1.82) is 0 Å². The molecule has 2 unspecified atom stereocenters. The Morgan fingerprint density at radius 2 is 1.77 bits per heavy atom. The van der Waals surface area contributed by atoms with Crippen LogP contribution in [0.15, 0.2) is 46.8 Å². The van der Waals surface area contributed by atoms with E-state index >= 15 is 0 Å². The number of hydrogen-bond donors (Lipinski definition) is 1. The lowest BCUT2D eigenvalue weighted by molar-refractivity contribution is -0.384. The number of ether oxygens (including phenoxy) is 2. The van der Waals surface area contributed by atoms with Crippen molar-refractivity contribution in [2.75, 3.05) is 6.61 Å². The van der Waals surface area contributed by atoms with E-state index in [1.165, 1.54) is 32.0 Å². The second-order valence-electron chi connectivity index (χ2n) is 6.30. The molecule has 2 atom stereocenters. The zero-order valence-electron chi connectivity index (χ0n) is 16.3. The second-order valence-corrected chi connectivity index (χ2v) is 6.30. The van der Waals surface area contributed by atoms with Gasteiger partial charge < -0.3 is 14.8 Å². The first-order valence-electron chi connectivity index (χ1n) is 8.81. The highest BCUT2D eigenvalue weighted by Gasteiger charge is 2.39. The number of nitro groups is 1. The van der Waals surface area contributed by atoms with E-state index in [9.17, 15) is 32.9 Å². The summed E-state index contributed by atoms with van der Waals surface area (Å²) in [5.41, 5.74) is -0.219. The fourth-order valence-corrected chi connectivity index (χ4v) is 3.11. The molecule has 0 aliphatic carbocycles. The van der Waals surface area contributed by atoms with Gasteiger partial charge in [-0.3, -0.25) is 10.1 Å². The number of hydrogen-bond acceptors (Lipinski definition) is 7. The van der Waals surface area contributed by atoms with Crippen molar-refractivity contribution in [1.82, 2.24) is 5.32 Å². The summed E-state index contributed by atoms with van der Waals surface area (Å²) < 4.78 is 47.7. The van der Waals surface area contributed by atoms with Crippen LogP contribution in [0.3, 0.4) is 0 Å². The summed E-state index contributed by atoms with van der Waals surface area (Å²) in [4.78, 5) is 35.6. The number of esters is 2. The maximum absolute atomic E-state index is 13.4. The second kappa shape index (κ2) is 9.42. The lowest BCUT2D eigenvalue weighted by atomic mass is 9.80. The Kier molecular flexibility index (Phi) is 7.19. The van der Waals surface area contributed by atoms with E-state index in [1.807, 2.05) is 0 Å². The van der Waals surface area contributed by atoms with Crippen LogP contribution < -0.4 is 5.32 Å². The zero-order chi connectivity index (χ0) is 22.6. The summed E-state index contributed by atoms with van der Waals surface area (Å²) in [6.45, 7) is 4.47. The lowest BCUT2D eigenvalue weighted by Gasteiger charge is -2.30. The van der Waals surface area contributed by atoms with Gasteiger partial charge in [-0.05, 0) is 26.3 Å². The Morgan fingerprint density at radius 3 is 2.30 bits per heavy atom. The molecule has 0 saturated carbocycles. The summed E-state index contributed by atoms with van der Waals surface area (Å²) in [5.74, 6) is -3.52. The van der Waals surface area contributed by atoms with Gasteiger partial charge in [-0.1, -0.05) is 12.1 Å². The molecule has 1 aliphatic rings. The third-order valence-electron chi connectivity index (χ3n) is 4.31. The standard InChI is InChI=1S/C19H19F3N2O6/c1-4-29-18(25)13-9(2)23-10(3)14(19(26)30-17(22)16(20)21)15(13)11-6-5-7-12(8-11)24(27)28/h5-8,15-17,23H,4H2,1-3H3. The number of carbonyl (C=O) groups excluding carboxylic acids is 2. The third kappa shape index (κ3) is 4.78. The van der Waals surface area contributed by atoms with Crippen LogP contribution in [0.2, 0.25) is 0 Å². The van der Waals surface area contributed by atoms with Crippen LogP contribution >= 0.6 is 0 Å². The van der Waals surface area contributed by atoms with Crippen LogP contribution in [-0.2, 0) is 19.1 Å². The number of benzene rings is 1. The predicted octanol–water partition coefficient (Wildman–Crippen LogP) is 3.50. The number of nitro benzene ring substituents is 1. The number of alkyl halides is 3. The SMILES string of the molecule is CCOC(=O)C1=C(C)NC(C)=C(C(=O)OC(F)C(F)F)C1c1cccc([N+](=O)[O-])c1. The van der Waals surface area contributed by atoms with Gasteiger partial charge in [-0.25, -0.2) is 18.4 Å². The molecular weight excluding hydrogens is 409 g/mol. The van der Waals surface area contributed by atoms with Gasteiger partial charge in [0.05, 0.1) is 28.6 Å².